The molecule has 0 atom stereocenters. The second kappa shape index (κ2) is 5.21. The third-order valence-corrected chi connectivity index (χ3v) is 2.76. The van der Waals surface area contributed by atoms with Crippen LogP contribution in [0.2, 0.25) is 5.02 Å². The van der Waals surface area contributed by atoms with Gasteiger partial charge in [-0.25, -0.2) is 0 Å². The molecule has 2 aromatic rings. The molecule has 0 aromatic heterocycles. The van der Waals surface area contributed by atoms with Crippen molar-refractivity contribution in [3.8, 4) is 11.5 Å². The molecule has 0 saturated heterocycles. The van der Waals surface area contributed by atoms with E-state index in [4.69, 9.17) is 22.1 Å². The van der Waals surface area contributed by atoms with Crippen molar-refractivity contribution in [2.75, 3.05) is 0 Å². The Morgan fingerprint density at radius 1 is 1.18 bits per heavy atom. The molecule has 0 heterocycles. The Morgan fingerprint density at radius 3 is 2.65 bits per heavy atom. The van der Waals surface area contributed by atoms with Gasteiger partial charge in [-0.15, -0.1) is 0 Å². The number of hydrogen-bond acceptors (Lipinski definition) is 2. The first-order chi connectivity index (χ1) is 8.20. The molecule has 0 saturated carbocycles. The number of halogens is 1. The molecule has 0 aliphatic carbocycles. The molecular formula is C14H14ClNO. The normalized spacial score (nSPS) is 10.3. The highest BCUT2D eigenvalue weighted by molar-refractivity contribution is 6.30. The molecular weight excluding hydrogens is 234 g/mol. The summed E-state index contributed by atoms with van der Waals surface area (Å²) in [6.45, 7) is 2.45. The molecule has 0 amide bonds. The van der Waals surface area contributed by atoms with Crippen molar-refractivity contribution in [2.45, 2.75) is 13.5 Å². The first kappa shape index (κ1) is 12.0. The minimum absolute atomic E-state index is 0.456. The van der Waals surface area contributed by atoms with Crippen LogP contribution in [0.5, 0.6) is 11.5 Å². The van der Waals surface area contributed by atoms with Gasteiger partial charge in [0.1, 0.15) is 11.5 Å². The molecule has 0 aliphatic rings. The Labute approximate surface area is 106 Å². The van der Waals surface area contributed by atoms with Crippen molar-refractivity contribution in [3.63, 3.8) is 0 Å². The van der Waals surface area contributed by atoms with Crippen LogP contribution in [0, 0.1) is 6.92 Å². The summed E-state index contributed by atoms with van der Waals surface area (Å²) >= 11 is 5.92. The van der Waals surface area contributed by atoms with Crippen molar-refractivity contribution in [3.05, 3.63) is 58.6 Å². The van der Waals surface area contributed by atoms with E-state index in [9.17, 15) is 0 Å². The summed E-state index contributed by atoms with van der Waals surface area (Å²) in [6.07, 6.45) is 0. The molecule has 0 unspecified atom stereocenters. The highest BCUT2D eigenvalue weighted by Crippen LogP contribution is 2.29. The largest absolute Gasteiger partial charge is 0.457 e. The first-order valence-corrected chi connectivity index (χ1v) is 5.80. The predicted octanol–water partition coefficient (Wildman–Crippen LogP) is 3.90. The van der Waals surface area contributed by atoms with Crippen LogP contribution < -0.4 is 10.5 Å². The van der Waals surface area contributed by atoms with Gasteiger partial charge in [-0.05, 0) is 30.7 Å². The van der Waals surface area contributed by atoms with Crippen LogP contribution in [-0.2, 0) is 6.54 Å². The standard InChI is InChI=1S/C14H14ClNO/c1-10-4-2-5-11(9-16)14(10)17-13-7-3-6-12(15)8-13/h2-8H,9,16H2,1H3. The minimum atomic E-state index is 0.456. The Balaban J connectivity index is 2.35. The number of aryl methyl sites for hydroxylation is 1. The van der Waals surface area contributed by atoms with E-state index in [0.717, 1.165) is 22.6 Å². The Kier molecular flexibility index (Phi) is 3.67. The smallest absolute Gasteiger partial charge is 0.134 e. The Morgan fingerprint density at radius 2 is 1.94 bits per heavy atom. The number of para-hydroxylation sites is 1. The zero-order valence-corrected chi connectivity index (χ0v) is 10.4. The number of hydrogen-bond donors (Lipinski definition) is 1. The maximum atomic E-state index is 5.92. The monoisotopic (exact) mass is 247 g/mol. The second-order valence-corrected chi connectivity index (χ2v) is 4.26. The van der Waals surface area contributed by atoms with Crippen LogP contribution in [0.25, 0.3) is 0 Å². The van der Waals surface area contributed by atoms with Crippen LogP contribution in [-0.4, -0.2) is 0 Å². The fraction of sp³-hybridized carbons (Fsp3) is 0.143. The summed E-state index contributed by atoms with van der Waals surface area (Å²) in [6, 6.07) is 13.3. The van der Waals surface area contributed by atoms with Crippen LogP contribution in [0.15, 0.2) is 42.5 Å². The molecule has 0 aliphatic heterocycles. The highest BCUT2D eigenvalue weighted by atomic mass is 35.5. The molecule has 0 spiro atoms. The zero-order valence-electron chi connectivity index (χ0n) is 9.61. The Hall–Kier alpha value is -1.51. The van der Waals surface area contributed by atoms with Gasteiger partial charge in [0, 0.05) is 17.1 Å². The van der Waals surface area contributed by atoms with Crippen LogP contribution >= 0.6 is 11.6 Å². The number of benzene rings is 2. The maximum Gasteiger partial charge on any atom is 0.134 e. The van der Waals surface area contributed by atoms with Gasteiger partial charge >= 0.3 is 0 Å². The molecule has 2 nitrogen and oxygen atoms in total. The van der Waals surface area contributed by atoms with Crippen molar-refractivity contribution in [1.82, 2.24) is 0 Å². The average Bonchev–Trinajstić information content (AvgIpc) is 2.32. The third-order valence-electron chi connectivity index (χ3n) is 2.53. The van der Waals surface area contributed by atoms with Gasteiger partial charge in [0.15, 0.2) is 0 Å². The Bertz CT molecular complexity index is 525. The fourth-order valence-electron chi connectivity index (χ4n) is 1.67. The summed E-state index contributed by atoms with van der Waals surface area (Å²) in [5.41, 5.74) is 7.75. The molecule has 88 valence electrons. The lowest BCUT2D eigenvalue weighted by Crippen LogP contribution is -2.00. The zero-order chi connectivity index (χ0) is 12.3. The molecule has 17 heavy (non-hydrogen) atoms. The van der Waals surface area contributed by atoms with Crippen molar-refractivity contribution in [1.29, 1.82) is 0 Å². The van der Waals surface area contributed by atoms with Crippen LogP contribution in [0.1, 0.15) is 11.1 Å². The molecule has 3 heteroatoms. The maximum absolute atomic E-state index is 5.92. The van der Waals surface area contributed by atoms with Gasteiger partial charge in [0.05, 0.1) is 0 Å². The summed E-state index contributed by atoms with van der Waals surface area (Å²) in [7, 11) is 0. The lowest BCUT2D eigenvalue weighted by atomic mass is 10.1. The number of rotatable bonds is 3. The lowest BCUT2D eigenvalue weighted by Gasteiger charge is -2.12. The fourth-order valence-corrected chi connectivity index (χ4v) is 1.85. The first-order valence-electron chi connectivity index (χ1n) is 5.42. The minimum Gasteiger partial charge on any atom is -0.457 e. The SMILES string of the molecule is Cc1cccc(CN)c1Oc1cccc(Cl)c1. The molecule has 0 bridgehead atoms. The van der Waals surface area contributed by atoms with Gasteiger partial charge in [0.2, 0.25) is 0 Å². The summed E-state index contributed by atoms with van der Waals surface area (Å²) < 4.78 is 5.85. The van der Waals surface area contributed by atoms with E-state index in [1.165, 1.54) is 0 Å². The quantitative estimate of drug-likeness (QED) is 0.893. The van der Waals surface area contributed by atoms with E-state index in [1.54, 1.807) is 6.07 Å². The molecule has 2 aromatic carbocycles. The molecule has 0 radical (unpaired) electrons. The lowest BCUT2D eigenvalue weighted by molar-refractivity contribution is 0.472. The van der Waals surface area contributed by atoms with Crippen molar-refractivity contribution >= 4 is 11.6 Å². The average molecular weight is 248 g/mol. The molecule has 0 fully saturated rings. The highest BCUT2D eigenvalue weighted by Gasteiger charge is 2.07. The number of ether oxygens (including phenoxy) is 1. The van der Waals surface area contributed by atoms with E-state index >= 15 is 0 Å². The molecule has 2 N–H and O–H groups in total. The van der Waals surface area contributed by atoms with E-state index in [1.807, 2.05) is 43.3 Å². The van der Waals surface area contributed by atoms with E-state index in [0.29, 0.717) is 11.6 Å². The predicted molar refractivity (Wildman–Crippen MR) is 70.6 cm³/mol. The van der Waals surface area contributed by atoms with Gasteiger partial charge < -0.3 is 10.5 Å². The van der Waals surface area contributed by atoms with Crippen LogP contribution in [0.3, 0.4) is 0 Å². The van der Waals surface area contributed by atoms with Crippen molar-refractivity contribution in [2.24, 2.45) is 5.73 Å². The summed E-state index contributed by atoms with van der Waals surface area (Å²) in [4.78, 5) is 0. The van der Waals surface area contributed by atoms with Gasteiger partial charge in [0.25, 0.3) is 0 Å². The summed E-state index contributed by atoms with van der Waals surface area (Å²) in [5.74, 6) is 1.54. The van der Waals surface area contributed by atoms with Gasteiger partial charge in [-0.2, -0.15) is 0 Å². The van der Waals surface area contributed by atoms with Crippen molar-refractivity contribution < 1.29 is 4.74 Å². The summed E-state index contributed by atoms with van der Waals surface area (Å²) in [5, 5.41) is 0.658. The molecule has 2 rings (SSSR count). The topological polar surface area (TPSA) is 35.2 Å². The van der Waals surface area contributed by atoms with Gasteiger partial charge in [-0.1, -0.05) is 35.9 Å². The van der Waals surface area contributed by atoms with E-state index in [2.05, 4.69) is 0 Å². The second-order valence-electron chi connectivity index (χ2n) is 3.83. The van der Waals surface area contributed by atoms with Gasteiger partial charge in [-0.3, -0.25) is 0 Å². The van der Waals surface area contributed by atoms with E-state index < -0.39 is 0 Å². The van der Waals surface area contributed by atoms with Crippen LogP contribution in [0.4, 0.5) is 0 Å². The van der Waals surface area contributed by atoms with E-state index in [-0.39, 0.29) is 0 Å². The number of nitrogens with two attached hydrogens (primary N) is 1. The third kappa shape index (κ3) is 2.78.